The van der Waals surface area contributed by atoms with E-state index in [9.17, 15) is 0 Å². The summed E-state index contributed by atoms with van der Waals surface area (Å²) in [6.45, 7) is 6.75. The Labute approximate surface area is 122 Å². The zero-order valence-corrected chi connectivity index (χ0v) is 13.4. The molecule has 2 N–H and O–H groups in total. The third kappa shape index (κ3) is 4.30. The number of guanidine groups is 1. The molecule has 2 fully saturated rings. The number of piperidine rings is 1. The van der Waals surface area contributed by atoms with E-state index in [1.807, 2.05) is 0 Å². The Morgan fingerprint density at radius 2 is 2.24 bits per heavy atom. The maximum absolute atomic E-state index is 6.09. The Kier molecular flexibility index (Phi) is 6.03. The van der Waals surface area contributed by atoms with Crippen molar-refractivity contribution in [1.29, 1.82) is 0 Å². The van der Waals surface area contributed by atoms with E-state index >= 15 is 0 Å². The Morgan fingerprint density at radius 1 is 1.47 bits per heavy atom. The zero-order valence-electron chi connectivity index (χ0n) is 11.1. The third-order valence-corrected chi connectivity index (χ3v) is 3.82. The molecule has 0 bridgehead atoms. The van der Waals surface area contributed by atoms with E-state index in [2.05, 4.69) is 23.7 Å². The summed E-state index contributed by atoms with van der Waals surface area (Å²) in [5, 5.41) is 0. The molecule has 1 aliphatic carbocycles. The first-order valence-electron chi connectivity index (χ1n) is 6.79. The van der Waals surface area contributed by atoms with Crippen molar-refractivity contribution in [2.75, 3.05) is 13.1 Å². The Bertz CT molecular complexity index is 267. The predicted octanol–water partition coefficient (Wildman–Crippen LogP) is 2.84. The van der Waals surface area contributed by atoms with Crippen LogP contribution < -0.4 is 5.73 Å². The summed E-state index contributed by atoms with van der Waals surface area (Å²) in [4.78, 5) is 6.94. The molecule has 1 heterocycles. The van der Waals surface area contributed by atoms with Crippen LogP contribution in [0, 0.1) is 11.8 Å². The van der Waals surface area contributed by atoms with Crippen LogP contribution in [0.5, 0.6) is 0 Å². The molecule has 2 aliphatic rings. The number of aliphatic imine (C=N–C) groups is 1. The average molecular weight is 351 g/mol. The highest BCUT2D eigenvalue weighted by Crippen LogP contribution is 2.37. The second-order valence-electron chi connectivity index (χ2n) is 5.53. The SMILES string of the molecule is CCC[C@@H]1C[C@H]1N=C(N)N1CCCC(C)C1.I. The maximum Gasteiger partial charge on any atom is 0.191 e. The molecular weight excluding hydrogens is 325 g/mol. The fraction of sp³-hybridized carbons (Fsp3) is 0.923. The predicted molar refractivity (Wildman–Crippen MR) is 83.8 cm³/mol. The largest absolute Gasteiger partial charge is 0.370 e. The highest BCUT2D eigenvalue weighted by molar-refractivity contribution is 14.0. The number of rotatable bonds is 3. The molecule has 0 aromatic rings. The minimum atomic E-state index is 0. The summed E-state index contributed by atoms with van der Waals surface area (Å²) in [6, 6.07) is 0.539. The van der Waals surface area contributed by atoms with Crippen molar-refractivity contribution in [2.45, 2.75) is 52.0 Å². The van der Waals surface area contributed by atoms with Crippen LogP contribution >= 0.6 is 24.0 Å². The van der Waals surface area contributed by atoms with Gasteiger partial charge in [-0.3, -0.25) is 0 Å². The Hall–Kier alpha value is 0. The summed E-state index contributed by atoms with van der Waals surface area (Å²) >= 11 is 0. The third-order valence-electron chi connectivity index (χ3n) is 3.82. The lowest BCUT2D eigenvalue weighted by Crippen LogP contribution is -2.43. The first kappa shape index (κ1) is 15.1. The molecule has 0 radical (unpaired) electrons. The van der Waals surface area contributed by atoms with Gasteiger partial charge in [0, 0.05) is 13.1 Å². The zero-order chi connectivity index (χ0) is 11.5. The van der Waals surface area contributed by atoms with Crippen LogP contribution in [0.1, 0.15) is 46.0 Å². The topological polar surface area (TPSA) is 41.6 Å². The molecule has 100 valence electrons. The molecule has 0 spiro atoms. The summed E-state index contributed by atoms with van der Waals surface area (Å²) < 4.78 is 0. The van der Waals surface area contributed by atoms with Gasteiger partial charge < -0.3 is 10.6 Å². The van der Waals surface area contributed by atoms with Gasteiger partial charge in [-0.25, -0.2) is 4.99 Å². The highest BCUT2D eigenvalue weighted by Gasteiger charge is 2.36. The van der Waals surface area contributed by atoms with E-state index in [1.54, 1.807) is 0 Å². The summed E-state index contributed by atoms with van der Waals surface area (Å²) in [5.41, 5.74) is 6.09. The molecule has 3 nitrogen and oxygen atoms in total. The number of nitrogens with two attached hydrogens (primary N) is 1. The van der Waals surface area contributed by atoms with Gasteiger partial charge >= 0.3 is 0 Å². The number of halogens is 1. The van der Waals surface area contributed by atoms with Gasteiger partial charge in [-0.2, -0.15) is 0 Å². The molecule has 17 heavy (non-hydrogen) atoms. The van der Waals surface area contributed by atoms with Crippen molar-refractivity contribution in [3.63, 3.8) is 0 Å². The molecule has 4 heteroatoms. The van der Waals surface area contributed by atoms with Crippen LogP contribution in [0.25, 0.3) is 0 Å². The Morgan fingerprint density at radius 3 is 2.88 bits per heavy atom. The maximum atomic E-state index is 6.09. The molecule has 0 aromatic carbocycles. The van der Waals surface area contributed by atoms with Gasteiger partial charge in [0.1, 0.15) is 0 Å². The lowest BCUT2D eigenvalue weighted by atomic mass is 10.0. The van der Waals surface area contributed by atoms with Gasteiger partial charge in [-0.05, 0) is 37.5 Å². The summed E-state index contributed by atoms with van der Waals surface area (Å²) in [7, 11) is 0. The Balaban J connectivity index is 0.00000144. The normalized spacial score (nSPS) is 33.2. The van der Waals surface area contributed by atoms with Gasteiger partial charge in [-0.1, -0.05) is 20.3 Å². The fourth-order valence-corrected chi connectivity index (χ4v) is 2.72. The summed E-state index contributed by atoms with van der Waals surface area (Å²) in [6.07, 6.45) is 6.46. The van der Waals surface area contributed by atoms with Gasteiger partial charge in [-0.15, -0.1) is 24.0 Å². The van der Waals surface area contributed by atoms with Crippen molar-refractivity contribution >= 4 is 29.9 Å². The molecule has 1 aliphatic heterocycles. The molecular formula is C13H26IN3. The first-order valence-corrected chi connectivity index (χ1v) is 6.79. The molecule has 1 saturated heterocycles. The first-order chi connectivity index (χ1) is 7.70. The van der Waals surface area contributed by atoms with E-state index in [0.29, 0.717) is 6.04 Å². The van der Waals surface area contributed by atoms with Gasteiger partial charge in [0.2, 0.25) is 0 Å². The fourth-order valence-electron chi connectivity index (χ4n) is 2.72. The number of likely N-dealkylation sites (tertiary alicyclic amines) is 1. The highest BCUT2D eigenvalue weighted by atomic mass is 127. The minimum Gasteiger partial charge on any atom is -0.370 e. The number of hydrogen-bond donors (Lipinski definition) is 1. The number of nitrogens with zero attached hydrogens (tertiary/aromatic N) is 2. The van der Waals surface area contributed by atoms with Gasteiger partial charge in [0.25, 0.3) is 0 Å². The lowest BCUT2D eigenvalue weighted by Gasteiger charge is -2.31. The van der Waals surface area contributed by atoms with Crippen molar-refractivity contribution < 1.29 is 0 Å². The molecule has 1 saturated carbocycles. The standard InChI is InChI=1S/C13H25N3.HI/c1-3-5-11-8-12(11)15-13(14)16-7-4-6-10(2)9-16;/h10-12H,3-9H2,1-2H3,(H2,14,15);1H/t10?,11-,12-;/m1./s1. The minimum absolute atomic E-state index is 0. The van der Waals surface area contributed by atoms with E-state index in [1.165, 1.54) is 32.1 Å². The molecule has 0 amide bonds. The smallest absolute Gasteiger partial charge is 0.191 e. The van der Waals surface area contributed by atoms with E-state index in [0.717, 1.165) is 30.9 Å². The van der Waals surface area contributed by atoms with Crippen LogP contribution in [0.15, 0.2) is 4.99 Å². The monoisotopic (exact) mass is 351 g/mol. The lowest BCUT2D eigenvalue weighted by molar-refractivity contribution is 0.270. The number of hydrogen-bond acceptors (Lipinski definition) is 1. The van der Waals surface area contributed by atoms with E-state index in [-0.39, 0.29) is 24.0 Å². The average Bonchev–Trinajstić information content (AvgIpc) is 2.97. The van der Waals surface area contributed by atoms with Crippen LogP contribution in [0.3, 0.4) is 0 Å². The van der Waals surface area contributed by atoms with Crippen molar-refractivity contribution in [3.8, 4) is 0 Å². The van der Waals surface area contributed by atoms with E-state index < -0.39 is 0 Å². The van der Waals surface area contributed by atoms with E-state index in [4.69, 9.17) is 5.73 Å². The molecule has 0 aromatic heterocycles. The second kappa shape index (κ2) is 6.81. The molecule has 2 rings (SSSR count). The molecule has 3 atom stereocenters. The molecule has 1 unspecified atom stereocenters. The van der Waals surface area contributed by atoms with Crippen molar-refractivity contribution in [2.24, 2.45) is 22.6 Å². The van der Waals surface area contributed by atoms with Crippen LogP contribution in [-0.4, -0.2) is 30.0 Å². The van der Waals surface area contributed by atoms with Crippen molar-refractivity contribution in [3.05, 3.63) is 0 Å². The van der Waals surface area contributed by atoms with Gasteiger partial charge in [0.15, 0.2) is 5.96 Å². The van der Waals surface area contributed by atoms with Crippen LogP contribution in [0.2, 0.25) is 0 Å². The summed E-state index contributed by atoms with van der Waals surface area (Å²) in [5.74, 6) is 2.40. The van der Waals surface area contributed by atoms with Gasteiger partial charge in [0.05, 0.1) is 6.04 Å². The van der Waals surface area contributed by atoms with Crippen LogP contribution in [0.4, 0.5) is 0 Å². The second-order valence-corrected chi connectivity index (χ2v) is 5.53. The quantitative estimate of drug-likeness (QED) is 0.483. The van der Waals surface area contributed by atoms with Crippen molar-refractivity contribution in [1.82, 2.24) is 4.90 Å². The van der Waals surface area contributed by atoms with Crippen LogP contribution in [-0.2, 0) is 0 Å².